The maximum Gasteiger partial charge on any atom is 0.223 e. The quantitative estimate of drug-likeness (QED) is 0.851. The number of nitrogens with two attached hydrogens (primary N) is 1. The highest BCUT2D eigenvalue weighted by Gasteiger charge is 2.41. The first-order valence-corrected chi connectivity index (χ1v) is 7.85. The van der Waals surface area contributed by atoms with E-state index in [1.165, 1.54) is 5.56 Å². The summed E-state index contributed by atoms with van der Waals surface area (Å²) >= 11 is 3.63. The molecular formula is C16H23BrN2O. The standard InChI is InChI=1S/C16H23BrN2O/c1-10-5-6-11(12(17)9-10)15-13(18)7-8-14(20)19(15)16(2,3)4/h5-6,9,13,15H,7-8,18H2,1-4H3. The van der Waals surface area contributed by atoms with Gasteiger partial charge in [-0.3, -0.25) is 4.79 Å². The van der Waals surface area contributed by atoms with Crippen LogP contribution in [0.4, 0.5) is 0 Å². The monoisotopic (exact) mass is 338 g/mol. The number of carbonyl (C=O) groups is 1. The number of halogens is 1. The van der Waals surface area contributed by atoms with Crippen molar-refractivity contribution in [3.05, 3.63) is 33.8 Å². The molecule has 1 fully saturated rings. The molecule has 1 aliphatic rings. The number of benzene rings is 1. The number of hydrogen-bond acceptors (Lipinski definition) is 2. The smallest absolute Gasteiger partial charge is 0.223 e. The lowest BCUT2D eigenvalue weighted by molar-refractivity contribution is -0.144. The van der Waals surface area contributed by atoms with Crippen LogP contribution in [0.2, 0.25) is 0 Å². The number of likely N-dealkylation sites (tertiary alicyclic amines) is 1. The Labute approximate surface area is 129 Å². The Morgan fingerprint density at radius 3 is 2.55 bits per heavy atom. The molecule has 2 unspecified atom stereocenters. The highest BCUT2D eigenvalue weighted by Crippen LogP contribution is 2.39. The van der Waals surface area contributed by atoms with Crippen LogP contribution in [0.5, 0.6) is 0 Å². The van der Waals surface area contributed by atoms with Gasteiger partial charge in [-0.1, -0.05) is 28.1 Å². The van der Waals surface area contributed by atoms with Gasteiger partial charge in [0.25, 0.3) is 0 Å². The fourth-order valence-corrected chi connectivity index (χ4v) is 3.68. The molecule has 3 nitrogen and oxygen atoms in total. The van der Waals surface area contributed by atoms with Crippen molar-refractivity contribution in [1.82, 2.24) is 4.90 Å². The second-order valence-electron chi connectivity index (χ2n) is 6.61. The number of aryl methyl sites for hydroxylation is 1. The fraction of sp³-hybridized carbons (Fsp3) is 0.562. The summed E-state index contributed by atoms with van der Waals surface area (Å²) in [5.41, 5.74) is 8.42. The zero-order valence-electron chi connectivity index (χ0n) is 12.6. The summed E-state index contributed by atoms with van der Waals surface area (Å²) in [5, 5.41) is 0. The molecule has 2 N–H and O–H groups in total. The van der Waals surface area contributed by atoms with Crippen molar-refractivity contribution in [3.8, 4) is 0 Å². The minimum Gasteiger partial charge on any atom is -0.329 e. The van der Waals surface area contributed by atoms with Crippen LogP contribution in [-0.2, 0) is 4.79 Å². The summed E-state index contributed by atoms with van der Waals surface area (Å²) in [6, 6.07) is 6.16. The van der Waals surface area contributed by atoms with Gasteiger partial charge < -0.3 is 10.6 Å². The molecule has 0 aliphatic carbocycles. The van der Waals surface area contributed by atoms with Crippen molar-refractivity contribution in [2.45, 2.75) is 58.2 Å². The average molecular weight is 339 g/mol. The van der Waals surface area contributed by atoms with Crippen LogP contribution in [0.15, 0.2) is 22.7 Å². The van der Waals surface area contributed by atoms with Crippen molar-refractivity contribution >= 4 is 21.8 Å². The van der Waals surface area contributed by atoms with Gasteiger partial charge in [0.1, 0.15) is 0 Å². The Morgan fingerprint density at radius 1 is 1.35 bits per heavy atom. The van der Waals surface area contributed by atoms with Gasteiger partial charge in [0.05, 0.1) is 6.04 Å². The van der Waals surface area contributed by atoms with Crippen molar-refractivity contribution in [2.24, 2.45) is 5.73 Å². The van der Waals surface area contributed by atoms with E-state index in [0.717, 1.165) is 16.5 Å². The fourth-order valence-electron chi connectivity index (χ4n) is 2.95. The number of amides is 1. The summed E-state index contributed by atoms with van der Waals surface area (Å²) < 4.78 is 1.03. The topological polar surface area (TPSA) is 46.3 Å². The first kappa shape index (κ1) is 15.5. The van der Waals surface area contributed by atoms with Crippen LogP contribution in [0.25, 0.3) is 0 Å². The molecule has 0 bridgehead atoms. The van der Waals surface area contributed by atoms with Crippen LogP contribution in [0.1, 0.15) is 50.8 Å². The maximum atomic E-state index is 12.4. The zero-order chi connectivity index (χ0) is 15.1. The van der Waals surface area contributed by atoms with Gasteiger partial charge in [-0.25, -0.2) is 0 Å². The lowest BCUT2D eigenvalue weighted by atomic mass is 9.86. The number of carbonyl (C=O) groups excluding carboxylic acids is 1. The first-order valence-electron chi connectivity index (χ1n) is 7.05. The van der Waals surface area contributed by atoms with Gasteiger partial charge in [-0.2, -0.15) is 0 Å². The molecule has 0 spiro atoms. The van der Waals surface area contributed by atoms with Crippen molar-refractivity contribution < 1.29 is 4.79 Å². The molecule has 4 heteroatoms. The molecule has 1 aliphatic heterocycles. The van der Waals surface area contributed by atoms with Crippen molar-refractivity contribution in [3.63, 3.8) is 0 Å². The third-order valence-corrected chi connectivity index (χ3v) is 4.53. The third kappa shape index (κ3) is 2.91. The molecule has 1 aromatic rings. The molecule has 0 radical (unpaired) electrons. The number of hydrogen-bond donors (Lipinski definition) is 1. The van der Waals surface area contributed by atoms with Gasteiger partial charge in [0.15, 0.2) is 0 Å². The summed E-state index contributed by atoms with van der Waals surface area (Å²) in [5.74, 6) is 0.191. The first-order chi connectivity index (χ1) is 9.21. The van der Waals surface area contributed by atoms with Crippen LogP contribution in [0, 0.1) is 6.92 Å². The molecule has 1 saturated heterocycles. The second-order valence-corrected chi connectivity index (χ2v) is 7.46. The number of piperidine rings is 1. The van der Waals surface area contributed by atoms with Gasteiger partial charge in [-0.15, -0.1) is 0 Å². The molecule has 1 aromatic carbocycles. The van der Waals surface area contributed by atoms with Gasteiger partial charge in [-0.05, 0) is 51.3 Å². The molecule has 2 rings (SSSR count). The minimum absolute atomic E-state index is 0.0223. The SMILES string of the molecule is Cc1ccc(C2C(N)CCC(=O)N2C(C)(C)C)c(Br)c1. The molecule has 1 heterocycles. The van der Waals surface area contributed by atoms with Crippen LogP contribution >= 0.6 is 15.9 Å². The van der Waals surface area contributed by atoms with Crippen LogP contribution in [-0.4, -0.2) is 22.4 Å². The molecular weight excluding hydrogens is 316 g/mol. The van der Waals surface area contributed by atoms with Crippen molar-refractivity contribution in [1.29, 1.82) is 0 Å². The van der Waals surface area contributed by atoms with Crippen LogP contribution in [0.3, 0.4) is 0 Å². The van der Waals surface area contributed by atoms with Crippen molar-refractivity contribution in [2.75, 3.05) is 0 Å². The van der Waals surface area contributed by atoms with Gasteiger partial charge in [0, 0.05) is 22.5 Å². The highest BCUT2D eigenvalue weighted by molar-refractivity contribution is 9.10. The predicted molar refractivity (Wildman–Crippen MR) is 85.4 cm³/mol. The molecule has 2 atom stereocenters. The Morgan fingerprint density at radius 2 is 2.00 bits per heavy atom. The summed E-state index contributed by atoms with van der Waals surface area (Å²) in [6.45, 7) is 8.26. The minimum atomic E-state index is -0.232. The lowest BCUT2D eigenvalue weighted by Crippen LogP contribution is -2.56. The largest absolute Gasteiger partial charge is 0.329 e. The summed E-state index contributed by atoms with van der Waals surface area (Å²) in [6.07, 6.45) is 1.29. The zero-order valence-corrected chi connectivity index (χ0v) is 14.2. The Kier molecular flexibility index (Phi) is 4.26. The number of rotatable bonds is 1. The van der Waals surface area contributed by atoms with E-state index in [4.69, 9.17) is 5.73 Å². The van der Waals surface area contributed by atoms with E-state index in [1.54, 1.807) is 0 Å². The maximum absolute atomic E-state index is 12.4. The molecule has 20 heavy (non-hydrogen) atoms. The van der Waals surface area contributed by atoms with E-state index < -0.39 is 0 Å². The van der Waals surface area contributed by atoms with E-state index in [9.17, 15) is 4.79 Å². The van der Waals surface area contributed by atoms with Gasteiger partial charge in [0.2, 0.25) is 5.91 Å². The molecule has 1 amide bonds. The third-order valence-electron chi connectivity index (χ3n) is 3.84. The summed E-state index contributed by atoms with van der Waals surface area (Å²) in [4.78, 5) is 14.4. The lowest BCUT2D eigenvalue weighted by Gasteiger charge is -2.47. The molecule has 0 saturated carbocycles. The van der Waals surface area contributed by atoms with E-state index in [2.05, 4.69) is 61.8 Å². The predicted octanol–water partition coefficient (Wildman–Crippen LogP) is 3.55. The Balaban J connectivity index is 2.50. The van der Waals surface area contributed by atoms with Crippen LogP contribution < -0.4 is 5.73 Å². The molecule has 110 valence electrons. The van der Waals surface area contributed by atoms with Gasteiger partial charge >= 0.3 is 0 Å². The summed E-state index contributed by atoms with van der Waals surface area (Å²) in [7, 11) is 0. The number of nitrogens with zero attached hydrogens (tertiary/aromatic N) is 1. The Hall–Kier alpha value is -0.870. The highest BCUT2D eigenvalue weighted by atomic mass is 79.9. The van der Waals surface area contributed by atoms with E-state index in [1.807, 2.05) is 4.90 Å². The van der Waals surface area contributed by atoms with E-state index in [-0.39, 0.29) is 23.5 Å². The van der Waals surface area contributed by atoms with E-state index in [0.29, 0.717) is 6.42 Å². The second kappa shape index (κ2) is 5.49. The molecule has 0 aromatic heterocycles. The average Bonchev–Trinajstić information content (AvgIpc) is 2.31. The van der Waals surface area contributed by atoms with E-state index >= 15 is 0 Å². The Bertz CT molecular complexity index is 522. The normalized spacial score (nSPS) is 24.1.